The Kier molecular flexibility index (Phi) is 4.79. The molecule has 0 spiro atoms. The molecule has 3 heterocycles. The maximum absolute atomic E-state index is 12.4. The number of rotatable bonds is 4. The molecule has 3 aromatic rings. The van der Waals surface area contributed by atoms with E-state index in [2.05, 4.69) is 41.4 Å². The number of hydrogen-bond donors (Lipinski definition) is 0. The number of carbonyl (C=O) groups is 2. The number of aromatic nitrogens is 1. The van der Waals surface area contributed by atoms with Crippen molar-refractivity contribution in [1.82, 2.24) is 4.98 Å². The SMILES string of the molecule is O=C1CCCN1c1cc(-c2ccc(-c3ccccn3)cc2)cc(N2CCCC2=O)c1. The van der Waals surface area contributed by atoms with Gasteiger partial charge in [0.2, 0.25) is 11.8 Å². The predicted octanol–water partition coefficient (Wildman–Crippen LogP) is 4.67. The molecule has 0 atom stereocenters. The van der Waals surface area contributed by atoms with E-state index in [1.54, 1.807) is 6.20 Å². The van der Waals surface area contributed by atoms with Gasteiger partial charge in [-0.2, -0.15) is 0 Å². The van der Waals surface area contributed by atoms with E-state index < -0.39 is 0 Å². The standard InChI is InChI=1S/C25H23N3O2/c29-24-6-3-13-27(24)21-15-20(16-22(17-21)28-14-4-7-25(28)30)18-8-10-19(11-9-18)23-5-1-2-12-26-23/h1-2,5,8-12,15-17H,3-4,6-7,13-14H2. The zero-order chi connectivity index (χ0) is 20.5. The van der Waals surface area contributed by atoms with Crippen LogP contribution in [0.25, 0.3) is 22.4 Å². The van der Waals surface area contributed by atoms with Crippen LogP contribution in [0, 0.1) is 0 Å². The molecule has 0 aliphatic carbocycles. The quantitative estimate of drug-likeness (QED) is 0.643. The number of nitrogens with zero attached hydrogens (tertiary/aromatic N) is 3. The van der Waals surface area contributed by atoms with Crippen molar-refractivity contribution < 1.29 is 9.59 Å². The van der Waals surface area contributed by atoms with Gasteiger partial charge in [-0.3, -0.25) is 14.6 Å². The van der Waals surface area contributed by atoms with Gasteiger partial charge in [0.05, 0.1) is 5.69 Å². The highest BCUT2D eigenvalue weighted by molar-refractivity contribution is 6.00. The van der Waals surface area contributed by atoms with E-state index in [1.807, 2.05) is 34.1 Å². The Bertz CT molecular complexity index is 1050. The van der Waals surface area contributed by atoms with Crippen molar-refractivity contribution in [3.05, 3.63) is 66.9 Å². The van der Waals surface area contributed by atoms with Gasteiger partial charge in [-0.05, 0) is 54.3 Å². The maximum Gasteiger partial charge on any atom is 0.227 e. The van der Waals surface area contributed by atoms with E-state index in [-0.39, 0.29) is 11.8 Å². The second-order valence-electron chi connectivity index (χ2n) is 7.83. The Hall–Kier alpha value is -3.47. The minimum atomic E-state index is 0.149. The summed E-state index contributed by atoms with van der Waals surface area (Å²) in [6, 6.07) is 20.2. The fraction of sp³-hybridized carbons (Fsp3) is 0.240. The number of pyridine rings is 1. The molecule has 0 saturated carbocycles. The smallest absolute Gasteiger partial charge is 0.227 e. The molecule has 0 radical (unpaired) electrons. The predicted molar refractivity (Wildman–Crippen MR) is 118 cm³/mol. The fourth-order valence-electron chi connectivity index (χ4n) is 4.28. The van der Waals surface area contributed by atoms with Gasteiger partial charge in [-0.25, -0.2) is 0 Å². The molecule has 5 nitrogen and oxygen atoms in total. The summed E-state index contributed by atoms with van der Waals surface area (Å²) in [5.74, 6) is 0.299. The highest BCUT2D eigenvalue weighted by atomic mass is 16.2. The number of carbonyl (C=O) groups excluding carboxylic acids is 2. The lowest BCUT2D eigenvalue weighted by molar-refractivity contribution is -0.117. The first kappa shape index (κ1) is 18.6. The average Bonchev–Trinajstić information content (AvgIpc) is 3.42. The molecule has 2 amide bonds. The van der Waals surface area contributed by atoms with Crippen LogP contribution in [-0.4, -0.2) is 29.9 Å². The van der Waals surface area contributed by atoms with Crippen LogP contribution in [0.5, 0.6) is 0 Å². The van der Waals surface area contributed by atoms with E-state index >= 15 is 0 Å². The van der Waals surface area contributed by atoms with Crippen LogP contribution in [0.2, 0.25) is 0 Å². The minimum Gasteiger partial charge on any atom is -0.312 e. The van der Waals surface area contributed by atoms with Crippen molar-refractivity contribution in [3.8, 4) is 22.4 Å². The lowest BCUT2D eigenvalue weighted by Gasteiger charge is -2.22. The number of amides is 2. The first-order valence-corrected chi connectivity index (χ1v) is 10.5. The fourth-order valence-corrected chi connectivity index (χ4v) is 4.28. The Morgan fingerprint density at radius 3 is 1.77 bits per heavy atom. The lowest BCUT2D eigenvalue weighted by Crippen LogP contribution is -2.26. The first-order valence-electron chi connectivity index (χ1n) is 10.5. The van der Waals surface area contributed by atoms with Crippen LogP contribution in [-0.2, 0) is 9.59 Å². The molecule has 1 aromatic heterocycles. The largest absolute Gasteiger partial charge is 0.312 e. The van der Waals surface area contributed by atoms with E-state index in [0.29, 0.717) is 12.8 Å². The summed E-state index contributed by atoms with van der Waals surface area (Å²) in [4.78, 5) is 32.8. The Morgan fingerprint density at radius 1 is 0.667 bits per heavy atom. The molecule has 0 bridgehead atoms. The van der Waals surface area contributed by atoms with Crippen molar-refractivity contribution in [3.63, 3.8) is 0 Å². The van der Waals surface area contributed by atoms with Gasteiger partial charge in [0.25, 0.3) is 0 Å². The molecule has 0 unspecified atom stereocenters. The monoisotopic (exact) mass is 397 g/mol. The summed E-state index contributed by atoms with van der Waals surface area (Å²) in [5.41, 5.74) is 5.80. The van der Waals surface area contributed by atoms with Crippen molar-refractivity contribution in [2.45, 2.75) is 25.7 Å². The summed E-state index contributed by atoms with van der Waals surface area (Å²) in [7, 11) is 0. The second-order valence-corrected chi connectivity index (χ2v) is 7.83. The molecule has 5 heteroatoms. The minimum absolute atomic E-state index is 0.149. The normalized spacial score (nSPS) is 16.5. The highest BCUT2D eigenvalue weighted by Crippen LogP contribution is 2.35. The van der Waals surface area contributed by atoms with Crippen molar-refractivity contribution >= 4 is 23.2 Å². The molecule has 2 aliphatic heterocycles. The third kappa shape index (κ3) is 3.47. The zero-order valence-electron chi connectivity index (χ0n) is 16.8. The highest BCUT2D eigenvalue weighted by Gasteiger charge is 2.26. The van der Waals surface area contributed by atoms with Gasteiger partial charge >= 0.3 is 0 Å². The molecule has 0 N–H and O–H groups in total. The third-order valence-electron chi connectivity index (χ3n) is 5.85. The van der Waals surface area contributed by atoms with Gasteiger partial charge in [0, 0.05) is 49.1 Å². The van der Waals surface area contributed by atoms with Crippen LogP contribution in [0.1, 0.15) is 25.7 Å². The summed E-state index contributed by atoms with van der Waals surface area (Å²) in [6.45, 7) is 1.46. The van der Waals surface area contributed by atoms with Gasteiger partial charge in [-0.15, -0.1) is 0 Å². The molecule has 2 fully saturated rings. The summed E-state index contributed by atoms with van der Waals surface area (Å²) < 4.78 is 0. The average molecular weight is 397 g/mol. The number of anilines is 2. The van der Waals surface area contributed by atoms with Crippen LogP contribution >= 0.6 is 0 Å². The second kappa shape index (κ2) is 7.75. The molecule has 5 rings (SSSR count). The van der Waals surface area contributed by atoms with Crippen molar-refractivity contribution in [1.29, 1.82) is 0 Å². The van der Waals surface area contributed by atoms with Gasteiger partial charge in [0.1, 0.15) is 0 Å². The van der Waals surface area contributed by atoms with Gasteiger partial charge in [-0.1, -0.05) is 30.3 Å². The van der Waals surface area contributed by atoms with E-state index in [1.165, 1.54) is 0 Å². The zero-order valence-corrected chi connectivity index (χ0v) is 16.8. The topological polar surface area (TPSA) is 53.5 Å². The van der Waals surface area contributed by atoms with Crippen LogP contribution < -0.4 is 9.80 Å². The summed E-state index contributed by atoms with van der Waals surface area (Å²) >= 11 is 0. The molecule has 150 valence electrons. The van der Waals surface area contributed by atoms with Gasteiger partial charge in [0.15, 0.2) is 0 Å². The summed E-state index contributed by atoms with van der Waals surface area (Å²) in [6.07, 6.45) is 4.71. The van der Waals surface area contributed by atoms with E-state index in [0.717, 1.165) is 59.7 Å². The van der Waals surface area contributed by atoms with Crippen molar-refractivity contribution in [2.75, 3.05) is 22.9 Å². The summed E-state index contributed by atoms with van der Waals surface area (Å²) in [5, 5.41) is 0. The molecular weight excluding hydrogens is 374 g/mol. The van der Waals surface area contributed by atoms with E-state index in [9.17, 15) is 9.59 Å². The molecule has 2 aromatic carbocycles. The van der Waals surface area contributed by atoms with E-state index in [4.69, 9.17) is 0 Å². The maximum atomic E-state index is 12.4. The molecular formula is C25H23N3O2. The van der Waals surface area contributed by atoms with Gasteiger partial charge < -0.3 is 9.80 Å². The number of hydrogen-bond acceptors (Lipinski definition) is 3. The van der Waals surface area contributed by atoms with Crippen LogP contribution in [0.3, 0.4) is 0 Å². The van der Waals surface area contributed by atoms with Crippen molar-refractivity contribution in [2.24, 2.45) is 0 Å². The third-order valence-corrected chi connectivity index (χ3v) is 5.85. The Balaban J connectivity index is 1.55. The van der Waals surface area contributed by atoms with Crippen LogP contribution in [0.15, 0.2) is 66.9 Å². The molecule has 2 saturated heterocycles. The number of benzene rings is 2. The molecule has 2 aliphatic rings. The lowest BCUT2D eigenvalue weighted by atomic mass is 10.0. The Labute approximate surface area is 176 Å². The van der Waals surface area contributed by atoms with Crippen LogP contribution in [0.4, 0.5) is 11.4 Å². The molecule has 30 heavy (non-hydrogen) atoms. The first-order chi connectivity index (χ1) is 14.7. The Morgan fingerprint density at radius 2 is 1.27 bits per heavy atom.